The lowest BCUT2D eigenvalue weighted by Crippen LogP contribution is -2.38. The van der Waals surface area contributed by atoms with Gasteiger partial charge in [0.2, 0.25) is 0 Å². The Bertz CT molecular complexity index is 806. The molecule has 2 heterocycles. The van der Waals surface area contributed by atoms with Gasteiger partial charge in [-0.25, -0.2) is 0 Å². The number of hydrogen-bond acceptors (Lipinski definition) is 5. The highest BCUT2D eigenvalue weighted by atomic mass is 32.2. The molecule has 0 spiro atoms. The van der Waals surface area contributed by atoms with Gasteiger partial charge in [0.15, 0.2) is 0 Å². The summed E-state index contributed by atoms with van der Waals surface area (Å²) in [6.45, 7) is 4.59. The van der Waals surface area contributed by atoms with E-state index in [0.717, 1.165) is 35.8 Å². The van der Waals surface area contributed by atoms with Gasteiger partial charge in [-0.2, -0.15) is 0 Å². The third-order valence-electron chi connectivity index (χ3n) is 5.46. The first-order valence-corrected chi connectivity index (χ1v) is 11.3. The van der Waals surface area contributed by atoms with Gasteiger partial charge in [-0.3, -0.25) is 4.21 Å². The van der Waals surface area contributed by atoms with E-state index in [2.05, 4.69) is 4.90 Å². The van der Waals surface area contributed by atoms with E-state index in [0.29, 0.717) is 12.3 Å². The fraction of sp³-hybridized carbons (Fsp3) is 0.455. The van der Waals surface area contributed by atoms with Gasteiger partial charge in [-0.15, -0.1) is 0 Å². The van der Waals surface area contributed by atoms with Crippen LogP contribution < -0.4 is 15.2 Å². The monoisotopic (exact) mass is 400 g/mol. The van der Waals surface area contributed by atoms with E-state index in [1.54, 1.807) is 0 Å². The lowest BCUT2D eigenvalue weighted by Gasteiger charge is -2.32. The first-order valence-electron chi connectivity index (χ1n) is 10.1. The van der Waals surface area contributed by atoms with E-state index in [1.165, 1.54) is 25.9 Å². The summed E-state index contributed by atoms with van der Waals surface area (Å²) in [6, 6.07) is 15.4. The Morgan fingerprint density at radius 2 is 1.86 bits per heavy atom. The zero-order chi connectivity index (χ0) is 19.3. The molecular formula is C22H28N2O3S. The highest BCUT2D eigenvalue weighted by molar-refractivity contribution is 7.86. The molecule has 2 N–H and O–H groups in total. The molecule has 0 aromatic heterocycles. The molecule has 28 heavy (non-hydrogen) atoms. The molecule has 2 aromatic carbocycles. The number of benzene rings is 2. The van der Waals surface area contributed by atoms with Crippen molar-refractivity contribution in [3.05, 3.63) is 54.1 Å². The minimum absolute atomic E-state index is 0.262. The van der Waals surface area contributed by atoms with Crippen molar-refractivity contribution in [1.29, 1.82) is 0 Å². The van der Waals surface area contributed by atoms with Gasteiger partial charge in [0.05, 0.1) is 27.6 Å². The number of para-hydroxylation sites is 1. The standard InChI is InChI=1S/C22H28N2O3S/c23-16-21-22(27-19-6-1-2-7-20(19)28(21)25)17-8-10-18(11-9-17)26-15-5-14-24-12-3-4-13-24/h1-2,6-11,21-22H,3-5,12-16,23H2/t21?,22-,28?/m0/s1. The third kappa shape index (κ3) is 4.24. The molecule has 2 unspecified atom stereocenters. The number of ether oxygens (including phenoxy) is 2. The van der Waals surface area contributed by atoms with Crippen molar-refractivity contribution in [2.24, 2.45) is 5.73 Å². The number of nitrogens with two attached hydrogens (primary N) is 1. The molecule has 0 radical (unpaired) electrons. The zero-order valence-corrected chi connectivity index (χ0v) is 16.9. The summed E-state index contributed by atoms with van der Waals surface area (Å²) in [5.41, 5.74) is 6.91. The van der Waals surface area contributed by atoms with Gasteiger partial charge in [0, 0.05) is 13.1 Å². The van der Waals surface area contributed by atoms with Crippen molar-refractivity contribution in [2.75, 3.05) is 32.8 Å². The minimum atomic E-state index is -1.18. The van der Waals surface area contributed by atoms with E-state index in [4.69, 9.17) is 15.2 Å². The molecule has 6 heteroatoms. The average Bonchev–Trinajstić information content (AvgIpc) is 3.25. The van der Waals surface area contributed by atoms with Gasteiger partial charge >= 0.3 is 0 Å². The van der Waals surface area contributed by atoms with Crippen LogP contribution in [-0.4, -0.2) is 47.1 Å². The lowest BCUT2D eigenvalue weighted by atomic mass is 10.1. The highest BCUT2D eigenvalue weighted by Crippen LogP contribution is 2.38. The molecule has 1 saturated heterocycles. The van der Waals surface area contributed by atoms with E-state index < -0.39 is 10.8 Å². The summed E-state index contributed by atoms with van der Waals surface area (Å²) in [6.07, 6.45) is 3.37. The maximum absolute atomic E-state index is 12.9. The highest BCUT2D eigenvalue weighted by Gasteiger charge is 2.36. The van der Waals surface area contributed by atoms with Crippen LogP contribution in [0.4, 0.5) is 0 Å². The number of rotatable bonds is 7. The molecule has 1 fully saturated rings. The van der Waals surface area contributed by atoms with Crippen molar-refractivity contribution in [3.8, 4) is 11.5 Å². The van der Waals surface area contributed by atoms with E-state index >= 15 is 0 Å². The summed E-state index contributed by atoms with van der Waals surface area (Å²) in [4.78, 5) is 3.23. The van der Waals surface area contributed by atoms with Crippen LogP contribution in [0.1, 0.15) is 30.9 Å². The Kier molecular flexibility index (Phi) is 6.29. The lowest BCUT2D eigenvalue weighted by molar-refractivity contribution is 0.189. The molecule has 0 amide bonds. The van der Waals surface area contributed by atoms with Crippen LogP contribution in [0.3, 0.4) is 0 Å². The summed E-state index contributed by atoms with van der Waals surface area (Å²) in [5, 5.41) is -0.262. The van der Waals surface area contributed by atoms with Crippen LogP contribution in [0, 0.1) is 0 Å². The summed E-state index contributed by atoms with van der Waals surface area (Å²) < 4.78 is 25.0. The third-order valence-corrected chi connectivity index (χ3v) is 7.22. The second kappa shape index (κ2) is 9.07. The predicted molar refractivity (Wildman–Crippen MR) is 111 cm³/mol. The SMILES string of the molecule is NCC1[C@H](c2ccc(OCCCN3CCCC3)cc2)Oc2ccccc2S1=O. The second-order valence-corrected chi connectivity index (χ2v) is 9.02. The van der Waals surface area contributed by atoms with Crippen molar-refractivity contribution >= 4 is 10.8 Å². The topological polar surface area (TPSA) is 64.8 Å². The molecule has 5 nitrogen and oxygen atoms in total. The Labute approximate surface area is 169 Å². The van der Waals surface area contributed by atoms with Crippen LogP contribution in [0.15, 0.2) is 53.4 Å². The molecule has 0 saturated carbocycles. The summed E-state index contributed by atoms with van der Waals surface area (Å²) in [5.74, 6) is 1.53. The van der Waals surface area contributed by atoms with Crippen LogP contribution in [-0.2, 0) is 10.8 Å². The van der Waals surface area contributed by atoms with Gasteiger partial charge in [-0.1, -0.05) is 24.3 Å². The van der Waals surface area contributed by atoms with Crippen molar-refractivity contribution < 1.29 is 13.7 Å². The van der Waals surface area contributed by atoms with Crippen molar-refractivity contribution in [1.82, 2.24) is 4.90 Å². The van der Waals surface area contributed by atoms with Crippen molar-refractivity contribution in [3.63, 3.8) is 0 Å². The largest absolute Gasteiger partial charge is 0.494 e. The van der Waals surface area contributed by atoms with Gasteiger partial charge < -0.3 is 20.1 Å². The molecule has 0 aliphatic carbocycles. The molecule has 2 aromatic rings. The maximum atomic E-state index is 12.9. The zero-order valence-electron chi connectivity index (χ0n) is 16.1. The molecule has 150 valence electrons. The number of hydrogen-bond donors (Lipinski definition) is 1. The molecule has 3 atom stereocenters. The molecule has 4 rings (SSSR count). The van der Waals surface area contributed by atoms with Crippen LogP contribution in [0.5, 0.6) is 11.5 Å². The summed E-state index contributed by atoms with van der Waals surface area (Å²) >= 11 is 0. The summed E-state index contributed by atoms with van der Waals surface area (Å²) in [7, 11) is -1.18. The fourth-order valence-electron chi connectivity index (χ4n) is 3.93. The predicted octanol–water partition coefficient (Wildman–Crippen LogP) is 3.12. The molecule has 0 bridgehead atoms. The quantitative estimate of drug-likeness (QED) is 0.724. The average molecular weight is 401 g/mol. The van der Waals surface area contributed by atoms with Crippen LogP contribution >= 0.6 is 0 Å². The molecule has 2 aliphatic heterocycles. The molecule has 2 aliphatic rings. The molecular weight excluding hydrogens is 372 g/mol. The van der Waals surface area contributed by atoms with Crippen LogP contribution in [0.25, 0.3) is 0 Å². The second-order valence-electron chi connectivity index (χ2n) is 7.38. The van der Waals surface area contributed by atoms with Crippen LogP contribution in [0.2, 0.25) is 0 Å². The Morgan fingerprint density at radius 1 is 1.11 bits per heavy atom. The van der Waals surface area contributed by atoms with Gasteiger partial charge in [0.25, 0.3) is 0 Å². The van der Waals surface area contributed by atoms with E-state index in [9.17, 15) is 4.21 Å². The van der Waals surface area contributed by atoms with Gasteiger partial charge in [-0.05, 0) is 62.2 Å². The smallest absolute Gasteiger partial charge is 0.140 e. The van der Waals surface area contributed by atoms with Gasteiger partial charge in [0.1, 0.15) is 17.6 Å². The Balaban J connectivity index is 1.38. The number of nitrogens with zero attached hydrogens (tertiary/aromatic N) is 1. The Hall–Kier alpha value is -1.89. The minimum Gasteiger partial charge on any atom is -0.494 e. The van der Waals surface area contributed by atoms with Crippen molar-refractivity contribution in [2.45, 2.75) is 35.5 Å². The number of likely N-dealkylation sites (tertiary alicyclic amines) is 1. The first-order chi connectivity index (χ1) is 13.8. The fourth-order valence-corrected chi connectivity index (χ4v) is 5.40. The Morgan fingerprint density at radius 3 is 2.61 bits per heavy atom. The normalized spacial score (nSPS) is 24.5. The first kappa shape index (κ1) is 19.4. The maximum Gasteiger partial charge on any atom is 0.140 e. The number of fused-ring (bicyclic) bond motifs is 1. The van der Waals surface area contributed by atoms with E-state index in [-0.39, 0.29) is 11.4 Å². The van der Waals surface area contributed by atoms with E-state index in [1.807, 2.05) is 48.5 Å².